The molecule has 3 rings (SSSR count). The largest absolute Gasteiger partial charge is 0.390 e. The first kappa shape index (κ1) is 26.1. The van der Waals surface area contributed by atoms with Crippen molar-refractivity contribution < 1.29 is 39.4 Å². The number of aliphatic hydroxyl groups is 4. The third-order valence-electron chi connectivity index (χ3n) is 6.64. The highest BCUT2D eigenvalue weighted by atomic mass is 16.7. The first-order chi connectivity index (χ1) is 15.1. The van der Waals surface area contributed by atoms with Gasteiger partial charge in [-0.15, -0.1) is 0 Å². The molecule has 0 radical (unpaired) electrons. The van der Waals surface area contributed by atoms with E-state index in [0.29, 0.717) is 13.0 Å². The van der Waals surface area contributed by atoms with Gasteiger partial charge >= 0.3 is 0 Å². The van der Waals surface area contributed by atoms with Gasteiger partial charge in [-0.05, 0) is 40.3 Å². The summed E-state index contributed by atoms with van der Waals surface area (Å²) in [5.41, 5.74) is 11.0. The topological polar surface area (TPSA) is 194 Å². The summed E-state index contributed by atoms with van der Waals surface area (Å²) < 4.78 is 23.3. The Balaban J connectivity index is 1.67. The average Bonchev–Trinajstić information content (AvgIpc) is 2.72. The molecular weight excluding hydrogens is 424 g/mol. The standard InChI is InChI=1S/C20H40N4O8/c1-20(28)8-29-19(14(27)17(20)24-3)32-16-12(25)6-11(22)15(13(16)26)31-18-10(21)5-4-9(30-18)7-23-2/h9-19,23-28H,4-8,21-22H2,1-3H3. The highest BCUT2D eigenvalue weighted by Gasteiger charge is 2.51. The van der Waals surface area contributed by atoms with Crippen LogP contribution in [-0.4, -0.2) is 121 Å². The van der Waals surface area contributed by atoms with Gasteiger partial charge in [0.15, 0.2) is 12.6 Å². The molecule has 32 heavy (non-hydrogen) atoms. The first-order valence-electron chi connectivity index (χ1n) is 11.3. The van der Waals surface area contributed by atoms with Crippen molar-refractivity contribution in [2.45, 2.75) is 99.1 Å². The molecule has 0 aromatic rings. The van der Waals surface area contributed by atoms with E-state index >= 15 is 0 Å². The van der Waals surface area contributed by atoms with Crippen molar-refractivity contribution >= 4 is 0 Å². The summed E-state index contributed by atoms with van der Waals surface area (Å²) >= 11 is 0. The Morgan fingerprint density at radius 3 is 2.34 bits per heavy atom. The van der Waals surface area contributed by atoms with Gasteiger partial charge in [0.2, 0.25) is 0 Å². The van der Waals surface area contributed by atoms with Crippen molar-refractivity contribution in [1.82, 2.24) is 10.6 Å². The van der Waals surface area contributed by atoms with E-state index in [0.717, 1.165) is 6.42 Å². The molecule has 12 heteroatoms. The lowest BCUT2D eigenvalue weighted by molar-refractivity contribution is -0.316. The number of hydrogen-bond donors (Lipinski definition) is 8. The van der Waals surface area contributed by atoms with Gasteiger partial charge in [-0.1, -0.05) is 0 Å². The van der Waals surface area contributed by atoms with Crippen LogP contribution in [-0.2, 0) is 18.9 Å². The lowest BCUT2D eigenvalue weighted by atomic mass is 9.85. The molecule has 0 spiro atoms. The molecule has 2 heterocycles. The summed E-state index contributed by atoms with van der Waals surface area (Å²) in [6, 6.07) is -1.79. The van der Waals surface area contributed by atoms with E-state index in [2.05, 4.69) is 10.6 Å². The Bertz CT molecular complexity index is 602. The predicted molar refractivity (Wildman–Crippen MR) is 113 cm³/mol. The Labute approximate surface area is 188 Å². The second-order valence-corrected chi connectivity index (χ2v) is 9.38. The maximum atomic E-state index is 11.0. The number of likely N-dealkylation sites (N-methyl/N-ethyl adjacent to an activating group) is 2. The number of nitrogens with one attached hydrogen (secondary N) is 2. The lowest BCUT2D eigenvalue weighted by Gasteiger charge is -2.48. The van der Waals surface area contributed by atoms with Crippen molar-refractivity contribution in [3.8, 4) is 0 Å². The fraction of sp³-hybridized carbons (Fsp3) is 1.00. The van der Waals surface area contributed by atoms with Crippen LogP contribution < -0.4 is 22.1 Å². The van der Waals surface area contributed by atoms with Crippen LogP contribution in [0.5, 0.6) is 0 Å². The van der Waals surface area contributed by atoms with Gasteiger partial charge in [-0.3, -0.25) is 0 Å². The molecule has 3 fully saturated rings. The zero-order valence-electron chi connectivity index (χ0n) is 19.0. The number of rotatable bonds is 7. The molecule has 0 bridgehead atoms. The van der Waals surface area contributed by atoms with Crippen LogP contribution in [0.4, 0.5) is 0 Å². The third kappa shape index (κ3) is 5.59. The van der Waals surface area contributed by atoms with Gasteiger partial charge in [0.1, 0.15) is 30.0 Å². The summed E-state index contributed by atoms with van der Waals surface area (Å²) in [7, 11) is 3.43. The normalized spacial score (nSPS) is 50.3. The molecule has 10 N–H and O–H groups in total. The van der Waals surface area contributed by atoms with E-state index in [-0.39, 0.29) is 25.2 Å². The zero-order valence-corrected chi connectivity index (χ0v) is 19.0. The smallest absolute Gasteiger partial charge is 0.185 e. The van der Waals surface area contributed by atoms with Crippen LogP contribution in [0.15, 0.2) is 0 Å². The summed E-state index contributed by atoms with van der Waals surface area (Å²) in [5.74, 6) is 0. The molecule has 0 aromatic heterocycles. The van der Waals surface area contributed by atoms with Crippen LogP contribution >= 0.6 is 0 Å². The second-order valence-electron chi connectivity index (χ2n) is 9.38. The van der Waals surface area contributed by atoms with Crippen molar-refractivity contribution in [3.05, 3.63) is 0 Å². The molecule has 0 aromatic carbocycles. The summed E-state index contributed by atoms with van der Waals surface area (Å²) in [6.07, 6.45) is -6.12. The summed E-state index contributed by atoms with van der Waals surface area (Å²) in [4.78, 5) is 0. The second kappa shape index (κ2) is 10.8. The minimum atomic E-state index is -1.32. The summed E-state index contributed by atoms with van der Waals surface area (Å²) in [5, 5.41) is 48.5. The van der Waals surface area contributed by atoms with Crippen molar-refractivity contribution in [1.29, 1.82) is 0 Å². The van der Waals surface area contributed by atoms with Gasteiger partial charge in [-0.2, -0.15) is 0 Å². The maximum Gasteiger partial charge on any atom is 0.185 e. The molecule has 0 amide bonds. The zero-order chi connectivity index (χ0) is 23.6. The minimum absolute atomic E-state index is 0.0727. The maximum absolute atomic E-state index is 11.0. The van der Waals surface area contributed by atoms with Crippen molar-refractivity contribution in [2.75, 3.05) is 27.2 Å². The minimum Gasteiger partial charge on any atom is -0.390 e. The van der Waals surface area contributed by atoms with Gasteiger partial charge in [0.05, 0.1) is 30.9 Å². The molecule has 2 saturated heterocycles. The van der Waals surface area contributed by atoms with E-state index in [4.69, 9.17) is 30.4 Å². The van der Waals surface area contributed by atoms with Gasteiger partial charge in [0, 0.05) is 12.6 Å². The number of hydrogen-bond acceptors (Lipinski definition) is 12. The van der Waals surface area contributed by atoms with E-state index in [9.17, 15) is 20.4 Å². The molecule has 12 atom stereocenters. The Kier molecular flexibility index (Phi) is 8.86. The lowest BCUT2D eigenvalue weighted by Crippen LogP contribution is -2.67. The highest BCUT2D eigenvalue weighted by molar-refractivity contribution is 5.00. The Hall–Kier alpha value is -0.480. The average molecular weight is 465 g/mol. The van der Waals surface area contributed by atoms with Crippen LogP contribution in [0.3, 0.4) is 0 Å². The Morgan fingerprint density at radius 1 is 1.00 bits per heavy atom. The fourth-order valence-corrected chi connectivity index (χ4v) is 4.83. The number of ether oxygens (including phenoxy) is 4. The van der Waals surface area contributed by atoms with Crippen LogP contribution in [0.2, 0.25) is 0 Å². The van der Waals surface area contributed by atoms with E-state index in [1.54, 1.807) is 7.05 Å². The predicted octanol–water partition coefficient (Wildman–Crippen LogP) is -3.68. The van der Waals surface area contributed by atoms with Crippen LogP contribution in [0.25, 0.3) is 0 Å². The van der Waals surface area contributed by atoms with E-state index < -0.39 is 60.8 Å². The number of nitrogens with two attached hydrogens (primary N) is 2. The van der Waals surface area contributed by atoms with E-state index in [1.807, 2.05) is 7.05 Å². The quantitative estimate of drug-likeness (QED) is 0.184. The third-order valence-corrected chi connectivity index (χ3v) is 6.64. The molecule has 12 unspecified atom stereocenters. The van der Waals surface area contributed by atoms with Crippen molar-refractivity contribution in [2.24, 2.45) is 11.5 Å². The molecule has 1 saturated carbocycles. The van der Waals surface area contributed by atoms with Crippen LogP contribution in [0.1, 0.15) is 26.2 Å². The monoisotopic (exact) mass is 464 g/mol. The molecule has 1 aliphatic carbocycles. The van der Waals surface area contributed by atoms with Gasteiger partial charge in [0.25, 0.3) is 0 Å². The van der Waals surface area contributed by atoms with Gasteiger partial charge < -0.3 is 61.5 Å². The Morgan fingerprint density at radius 2 is 1.69 bits per heavy atom. The van der Waals surface area contributed by atoms with Crippen molar-refractivity contribution in [3.63, 3.8) is 0 Å². The van der Waals surface area contributed by atoms with Gasteiger partial charge in [-0.25, -0.2) is 0 Å². The SMILES string of the molecule is CNCC1CCC(N)C(OC2C(N)CC(O)C(OC3OCC(C)(O)C(NC)C3O)C2O)O1. The molecule has 188 valence electrons. The highest BCUT2D eigenvalue weighted by Crippen LogP contribution is 2.32. The molecule has 2 aliphatic heterocycles. The first-order valence-corrected chi connectivity index (χ1v) is 11.3. The fourth-order valence-electron chi connectivity index (χ4n) is 4.83. The number of aliphatic hydroxyl groups excluding tert-OH is 3. The van der Waals surface area contributed by atoms with E-state index in [1.165, 1.54) is 6.92 Å². The molecule has 3 aliphatic rings. The molecule has 12 nitrogen and oxygen atoms in total. The molecular formula is C20H40N4O8. The summed E-state index contributed by atoms with van der Waals surface area (Å²) in [6.45, 7) is 2.08. The van der Waals surface area contributed by atoms with Crippen LogP contribution in [0, 0.1) is 0 Å².